The fourth-order valence-electron chi connectivity index (χ4n) is 2.10. The Labute approximate surface area is 114 Å². The third kappa shape index (κ3) is 2.82. The van der Waals surface area contributed by atoms with E-state index in [9.17, 15) is 0 Å². The predicted octanol–water partition coefficient (Wildman–Crippen LogP) is 3.13. The summed E-state index contributed by atoms with van der Waals surface area (Å²) in [6, 6.07) is 6.37. The van der Waals surface area contributed by atoms with E-state index < -0.39 is 0 Å². The monoisotopic (exact) mass is 255 g/mol. The van der Waals surface area contributed by atoms with Crippen LogP contribution in [0.3, 0.4) is 0 Å². The molecule has 0 saturated heterocycles. The van der Waals surface area contributed by atoms with Crippen LogP contribution in [0.5, 0.6) is 0 Å². The van der Waals surface area contributed by atoms with Gasteiger partial charge in [-0.25, -0.2) is 9.97 Å². The number of nitrogens with two attached hydrogens (primary N) is 1. The summed E-state index contributed by atoms with van der Waals surface area (Å²) in [6.45, 7) is 8.99. The predicted molar refractivity (Wildman–Crippen MR) is 79.1 cm³/mol. The molecule has 0 aliphatic heterocycles. The van der Waals surface area contributed by atoms with Crippen LogP contribution < -0.4 is 5.73 Å². The van der Waals surface area contributed by atoms with E-state index in [0.29, 0.717) is 6.54 Å². The molecule has 0 radical (unpaired) electrons. The Morgan fingerprint density at radius 1 is 1.11 bits per heavy atom. The Kier molecular flexibility index (Phi) is 3.96. The summed E-state index contributed by atoms with van der Waals surface area (Å²) in [4.78, 5) is 8.97. The number of rotatable bonds is 3. The van der Waals surface area contributed by atoms with Crippen molar-refractivity contribution < 1.29 is 0 Å². The molecule has 19 heavy (non-hydrogen) atoms. The molecule has 0 saturated carbocycles. The first-order valence-electron chi connectivity index (χ1n) is 6.64. The Bertz CT molecular complexity index is 591. The third-order valence-electron chi connectivity index (χ3n) is 3.59. The van der Waals surface area contributed by atoms with E-state index in [0.717, 1.165) is 11.5 Å². The SMILES string of the molecule is Cc1cc(C)c(-c2ccnc(C(C)CN)n2)cc1C. The number of hydrogen-bond acceptors (Lipinski definition) is 3. The first kappa shape index (κ1) is 13.7. The maximum Gasteiger partial charge on any atom is 0.133 e. The van der Waals surface area contributed by atoms with Crippen molar-refractivity contribution in [2.24, 2.45) is 5.73 Å². The summed E-state index contributed by atoms with van der Waals surface area (Å²) in [5, 5.41) is 0. The van der Waals surface area contributed by atoms with Gasteiger partial charge < -0.3 is 5.73 Å². The van der Waals surface area contributed by atoms with Crippen LogP contribution in [0.2, 0.25) is 0 Å². The van der Waals surface area contributed by atoms with Crippen molar-refractivity contribution in [1.29, 1.82) is 0 Å². The molecule has 1 aromatic heterocycles. The quantitative estimate of drug-likeness (QED) is 0.916. The van der Waals surface area contributed by atoms with Crippen molar-refractivity contribution in [3.05, 3.63) is 46.9 Å². The molecular formula is C16H21N3. The maximum atomic E-state index is 5.69. The minimum absolute atomic E-state index is 0.187. The fraction of sp³-hybridized carbons (Fsp3) is 0.375. The summed E-state index contributed by atoms with van der Waals surface area (Å²) in [6.07, 6.45) is 1.82. The molecule has 0 aliphatic rings. The molecular weight excluding hydrogens is 234 g/mol. The zero-order valence-electron chi connectivity index (χ0n) is 12.1. The molecule has 2 N–H and O–H groups in total. The molecule has 2 aromatic rings. The lowest BCUT2D eigenvalue weighted by atomic mass is 9.98. The highest BCUT2D eigenvalue weighted by Crippen LogP contribution is 2.25. The topological polar surface area (TPSA) is 51.8 Å². The highest BCUT2D eigenvalue weighted by atomic mass is 14.9. The van der Waals surface area contributed by atoms with Crippen molar-refractivity contribution >= 4 is 0 Å². The second kappa shape index (κ2) is 5.49. The van der Waals surface area contributed by atoms with Gasteiger partial charge in [0.05, 0.1) is 5.69 Å². The molecule has 1 aromatic carbocycles. The Morgan fingerprint density at radius 2 is 1.79 bits per heavy atom. The van der Waals surface area contributed by atoms with Crippen LogP contribution in [0.1, 0.15) is 35.4 Å². The van der Waals surface area contributed by atoms with Crippen molar-refractivity contribution in [2.75, 3.05) is 6.54 Å². The molecule has 1 atom stereocenters. The van der Waals surface area contributed by atoms with E-state index >= 15 is 0 Å². The fourth-order valence-corrected chi connectivity index (χ4v) is 2.10. The van der Waals surface area contributed by atoms with E-state index in [4.69, 9.17) is 5.73 Å². The van der Waals surface area contributed by atoms with Crippen LogP contribution in [-0.4, -0.2) is 16.5 Å². The number of hydrogen-bond donors (Lipinski definition) is 1. The minimum Gasteiger partial charge on any atom is -0.330 e. The Hall–Kier alpha value is -1.74. The third-order valence-corrected chi connectivity index (χ3v) is 3.59. The molecule has 0 bridgehead atoms. The van der Waals surface area contributed by atoms with Gasteiger partial charge in [0.1, 0.15) is 5.82 Å². The van der Waals surface area contributed by atoms with Crippen molar-refractivity contribution in [2.45, 2.75) is 33.6 Å². The Morgan fingerprint density at radius 3 is 2.47 bits per heavy atom. The van der Waals surface area contributed by atoms with Crippen LogP contribution in [0.4, 0.5) is 0 Å². The lowest BCUT2D eigenvalue weighted by Crippen LogP contribution is -2.12. The first-order valence-corrected chi connectivity index (χ1v) is 6.64. The average Bonchev–Trinajstić information content (AvgIpc) is 2.42. The lowest BCUT2D eigenvalue weighted by Gasteiger charge is -2.12. The second-order valence-corrected chi connectivity index (χ2v) is 5.19. The van der Waals surface area contributed by atoms with Gasteiger partial charge in [0.15, 0.2) is 0 Å². The molecule has 1 unspecified atom stereocenters. The first-order chi connectivity index (χ1) is 9.02. The van der Waals surface area contributed by atoms with Crippen LogP contribution >= 0.6 is 0 Å². The van der Waals surface area contributed by atoms with Crippen LogP contribution in [0.15, 0.2) is 24.4 Å². The molecule has 0 fully saturated rings. The molecule has 100 valence electrons. The van der Waals surface area contributed by atoms with Crippen LogP contribution in [-0.2, 0) is 0 Å². The highest BCUT2D eigenvalue weighted by molar-refractivity contribution is 5.65. The van der Waals surface area contributed by atoms with Gasteiger partial charge in [0.25, 0.3) is 0 Å². The summed E-state index contributed by atoms with van der Waals surface area (Å²) in [5.41, 5.74) is 11.7. The minimum atomic E-state index is 0.187. The van der Waals surface area contributed by atoms with E-state index in [1.807, 2.05) is 19.2 Å². The van der Waals surface area contributed by atoms with Crippen molar-refractivity contribution in [3.8, 4) is 11.3 Å². The van der Waals surface area contributed by atoms with Crippen molar-refractivity contribution in [3.63, 3.8) is 0 Å². The average molecular weight is 255 g/mol. The van der Waals surface area contributed by atoms with E-state index in [1.54, 1.807) is 0 Å². The summed E-state index contributed by atoms with van der Waals surface area (Å²) < 4.78 is 0. The number of nitrogens with zero attached hydrogens (tertiary/aromatic N) is 2. The largest absolute Gasteiger partial charge is 0.330 e. The molecule has 0 aliphatic carbocycles. The second-order valence-electron chi connectivity index (χ2n) is 5.19. The van der Waals surface area contributed by atoms with E-state index in [1.165, 1.54) is 22.3 Å². The van der Waals surface area contributed by atoms with Gasteiger partial charge in [0, 0.05) is 24.2 Å². The molecule has 3 nitrogen and oxygen atoms in total. The number of aryl methyl sites for hydroxylation is 3. The normalized spacial score (nSPS) is 12.5. The number of benzene rings is 1. The highest BCUT2D eigenvalue weighted by Gasteiger charge is 2.10. The lowest BCUT2D eigenvalue weighted by molar-refractivity contribution is 0.712. The van der Waals surface area contributed by atoms with Crippen molar-refractivity contribution in [1.82, 2.24) is 9.97 Å². The smallest absolute Gasteiger partial charge is 0.133 e. The van der Waals surface area contributed by atoms with E-state index in [2.05, 4.69) is 42.9 Å². The van der Waals surface area contributed by atoms with Gasteiger partial charge >= 0.3 is 0 Å². The zero-order chi connectivity index (χ0) is 14.0. The number of aromatic nitrogens is 2. The summed E-state index contributed by atoms with van der Waals surface area (Å²) >= 11 is 0. The van der Waals surface area contributed by atoms with Crippen LogP contribution in [0.25, 0.3) is 11.3 Å². The molecule has 0 amide bonds. The Balaban J connectivity index is 2.50. The molecule has 3 heteroatoms. The van der Waals surface area contributed by atoms with Gasteiger partial charge in [-0.2, -0.15) is 0 Å². The summed E-state index contributed by atoms with van der Waals surface area (Å²) in [5.74, 6) is 1.00. The molecule has 0 spiro atoms. The van der Waals surface area contributed by atoms with Crippen LogP contribution in [0, 0.1) is 20.8 Å². The molecule has 2 rings (SSSR count). The van der Waals surface area contributed by atoms with E-state index in [-0.39, 0.29) is 5.92 Å². The summed E-state index contributed by atoms with van der Waals surface area (Å²) in [7, 11) is 0. The maximum absolute atomic E-state index is 5.69. The van der Waals surface area contributed by atoms with Gasteiger partial charge in [-0.15, -0.1) is 0 Å². The standard InChI is InChI=1S/C16H21N3/c1-10-7-12(3)14(8-11(10)2)15-5-6-18-16(19-15)13(4)9-17/h5-8,13H,9,17H2,1-4H3. The van der Waals surface area contributed by atoms with Gasteiger partial charge in [0.2, 0.25) is 0 Å². The zero-order valence-corrected chi connectivity index (χ0v) is 12.1. The van der Waals surface area contributed by atoms with Gasteiger partial charge in [-0.3, -0.25) is 0 Å². The van der Waals surface area contributed by atoms with Gasteiger partial charge in [-0.1, -0.05) is 13.0 Å². The molecule has 1 heterocycles. The van der Waals surface area contributed by atoms with Gasteiger partial charge in [-0.05, 0) is 49.6 Å².